The second-order valence-corrected chi connectivity index (χ2v) is 7.88. The van der Waals surface area contributed by atoms with Crippen LogP contribution in [0.2, 0.25) is 5.02 Å². The van der Waals surface area contributed by atoms with Gasteiger partial charge in [-0.25, -0.2) is 4.90 Å². The number of rotatable bonds is 13. The third-order valence-electron chi connectivity index (χ3n) is 5.13. The number of anilines is 1. The Hall–Kier alpha value is -1.39. The lowest BCUT2D eigenvalue weighted by molar-refractivity contribution is -0.121. The second kappa shape index (κ2) is 12.1. The lowest BCUT2D eigenvalue weighted by atomic mass is 10.1. The number of hydrogen-bond acceptors (Lipinski definition) is 3. The normalized spacial score (nSPS) is 17.1. The predicted octanol–water partition coefficient (Wildman–Crippen LogP) is 5.48. The lowest BCUT2D eigenvalue weighted by Gasteiger charge is -2.15. The van der Waals surface area contributed by atoms with Crippen molar-refractivity contribution in [3.63, 3.8) is 0 Å². The van der Waals surface area contributed by atoms with Gasteiger partial charge in [-0.3, -0.25) is 9.59 Å². The Morgan fingerprint density at radius 3 is 2.26 bits per heavy atom. The molecular weight excluding hydrogens is 360 g/mol. The van der Waals surface area contributed by atoms with Gasteiger partial charge in [0.05, 0.1) is 18.2 Å². The molecule has 5 heteroatoms. The molecule has 1 saturated heterocycles. The third-order valence-corrected chi connectivity index (χ3v) is 5.37. The van der Waals surface area contributed by atoms with Crippen LogP contribution in [0.3, 0.4) is 0 Å². The monoisotopic (exact) mass is 392 g/mol. The summed E-state index contributed by atoms with van der Waals surface area (Å²) in [6, 6.07) is 6.48. The molecule has 1 fully saturated rings. The Balaban J connectivity index is 1.59. The van der Waals surface area contributed by atoms with E-state index >= 15 is 0 Å². The third kappa shape index (κ3) is 7.27. The number of carbonyl (C=O) groups is 2. The van der Waals surface area contributed by atoms with Gasteiger partial charge >= 0.3 is 0 Å². The summed E-state index contributed by atoms with van der Waals surface area (Å²) >= 11 is 5.98. The second-order valence-electron chi connectivity index (χ2n) is 7.44. The summed E-state index contributed by atoms with van der Waals surface area (Å²) in [5.74, 6) is -0.336. The van der Waals surface area contributed by atoms with Crippen molar-refractivity contribution in [1.82, 2.24) is 5.32 Å². The summed E-state index contributed by atoms with van der Waals surface area (Å²) in [6.45, 7) is 3.03. The quantitative estimate of drug-likeness (QED) is 0.357. The van der Waals surface area contributed by atoms with Crippen molar-refractivity contribution in [2.24, 2.45) is 0 Å². The Morgan fingerprint density at radius 2 is 1.63 bits per heavy atom. The van der Waals surface area contributed by atoms with Crippen molar-refractivity contribution in [3.05, 3.63) is 29.3 Å². The van der Waals surface area contributed by atoms with Gasteiger partial charge in [0.1, 0.15) is 0 Å². The molecule has 1 aliphatic rings. The molecule has 1 aromatic carbocycles. The zero-order chi connectivity index (χ0) is 19.5. The Bertz CT molecular complexity index is 606. The van der Waals surface area contributed by atoms with Crippen LogP contribution in [-0.4, -0.2) is 24.4 Å². The molecule has 4 nitrogen and oxygen atoms in total. The molecule has 0 saturated carbocycles. The molecule has 0 unspecified atom stereocenters. The van der Waals surface area contributed by atoms with Gasteiger partial charge in [0.15, 0.2) is 0 Å². The molecule has 1 aliphatic heterocycles. The molecule has 1 aromatic rings. The summed E-state index contributed by atoms with van der Waals surface area (Å²) in [6.07, 6.45) is 13.1. The molecule has 150 valence electrons. The largest absolute Gasteiger partial charge is 0.305 e. The van der Waals surface area contributed by atoms with Gasteiger partial charge in [0.2, 0.25) is 5.91 Å². The minimum Gasteiger partial charge on any atom is -0.305 e. The average molecular weight is 393 g/mol. The van der Waals surface area contributed by atoms with Crippen LogP contribution in [0, 0.1) is 0 Å². The van der Waals surface area contributed by atoms with E-state index in [0.717, 1.165) is 13.0 Å². The van der Waals surface area contributed by atoms with Gasteiger partial charge < -0.3 is 5.32 Å². The number of unbranched alkanes of at least 4 members (excludes halogenated alkanes) is 9. The number of halogens is 1. The smallest absolute Gasteiger partial charge is 0.251 e. The highest BCUT2D eigenvalue weighted by Gasteiger charge is 2.39. The van der Waals surface area contributed by atoms with Crippen LogP contribution < -0.4 is 10.2 Å². The van der Waals surface area contributed by atoms with Crippen molar-refractivity contribution in [2.45, 2.75) is 83.6 Å². The van der Waals surface area contributed by atoms with Gasteiger partial charge in [-0.05, 0) is 31.2 Å². The maximum Gasteiger partial charge on any atom is 0.251 e. The van der Waals surface area contributed by atoms with Crippen LogP contribution in [-0.2, 0) is 9.59 Å². The summed E-state index contributed by atoms with van der Waals surface area (Å²) in [4.78, 5) is 26.0. The van der Waals surface area contributed by atoms with Gasteiger partial charge in [0.25, 0.3) is 5.91 Å². The molecular formula is C22H33ClN2O2. The molecule has 1 N–H and O–H groups in total. The maximum absolute atomic E-state index is 12.5. The number of imide groups is 1. The fourth-order valence-electron chi connectivity index (χ4n) is 3.57. The van der Waals surface area contributed by atoms with Crippen LogP contribution in [0.5, 0.6) is 0 Å². The molecule has 27 heavy (non-hydrogen) atoms. The van der Waals surface area contributed by atoms with Crippen molar-refractivity contribution in [2.75, 3.05) is 11.4 Å². The fourth-order valence-corrected chi connectivity index (χ4v) is 3.75. The molecule has 0 aromatic heterocycles. The number of nitrogens with one attached hydrogen (secondary N) is 1. The number of amides is 2. The topological polar surface area (TPSA) is 49.4 Å². The summed E-state index contributed by atoms with van der Waals surface area (Å²) in [5.41, 5.74) is 0.556. The summed E-state index contributed by atoms with van der Waals surface area (Å²) in [7, 11) is 0. The highest BCUT2D eigenvalue weighted by atomic mass is 35.5. The highest BCUT2D eigenvalue weighted by molar-refractivity contribution is 6.31. The van der Waals surface area contributed by atoms with Gasteiger partial charge in [0, 0.05) is 5.02 Å². The van der Waals surface area contributed by atoms with E-state index < -0.39 is 6.04 Å². The molecule has 1 atom stereocenters. The van der Waals surface area contributed by atoms with Crippen LogP contribution in [0.25, 0.3) is 0 Å². The van der Waals surface area contributed by atoms with E-state index in [1.54, 1.807) is 24.3 Å². The lowest BCUT2D eigenvalue weighted by Crippen LogP contribution is -2.39. The van der Waals surface area contributed by atoms with Crippen molar-refractivity contribution < 1.29 is 9.59 Å². The number of nitrogens with zero attached hydrogens (tertiary/aromatic N) is 1. The van der Waals surface area contributed by atoms with Crippen molar-refractivity contribution in [1.29, 1.82) is 0 Å². The molecule has 0 radical (unpaired) electrons. The number of carbonyl (C=O) groups excluding carboxylic acids is 2. The first-order chi connectivity index (χ1) is 13.1. The standard InChI is InChI=1S/C22H33ClN2O2/c1-2-3-4-5-6-7-8-9-10-11-15-24-20-17-21(26)25(22(20)27)19-14-12-13-18(23)16-19/h12-14,16,20,24H,2-11,15,17H2,1H3/t20-/m0/s1. The zero-order valence-corrected chi connectivity index (χ0v) is 17.3. The SMILES string of the molecule is CCCCCCCCCCCCN[C@H]1CC(=O)N(c2cccc(Cl)c2)C1=O. The van der Waals surface area contributed by atoms with Crippen molar-refractivity contribution in [3.8, 4) is 0 Å². The first-order valence-corrected chi connectivity index (χ1v) is 10.9. The van der Waals surface area contributed by atoms with Crippen LogP contribution in [0.4, 0.5) is 5.69 Å². The van der Waals surface area contributed by atoms with Gasteiger partial charge in [-0.1, -0.05) is 82.4 Å². The Labute approximate surface area is 168 Å². The van der Waals surface area contributed by atoms with E-state index in [-0.39, 0.29) is 18.2 Å². The van der Waals surface area contributed by atoms with E-state index in [1.807, 2.05) is 0 Å². The van der Waals surface area contributed by atoms with E-state index in [2.05, 4.69) is 12.2 Å². The zero-order valence-electron chi connectivity index (χ0n) is 16.5. The molecule has 0 spiro atoms. The van der Waals surface area contributed by atoms with E-state index in [9.17, 15) is 9.59 Å². The van der Waals surface area contributed by atoms with E-state index in [0.29, 0.717) is 10.7 Å². The molecule has 2 rings (SSSR count). The molecule has 2 amide bonds. The molecule has 0 aliphatic carbocycles. The Kier molecular flexibility index (Phi) is 9.85. The number of hydrogen-bond donors (Lipinski definition) is 1. The summed E-state index contributed by atoms with van der Waals surface area (Å²) < 4.78 is 0. The first kappa shape index (κ1) is 21.9. The van der Waals surface area contributed by atoms with Crippen molar-refractivity contribution >= 4 is 29.1 Å². The maximum atomic E-state index is 12.5. The minimum absolute atomic E-state index is 0.164. The highest BCUT2D eigenvalue weighted by Crippen LogP contribution is 2.25. The predicted molar refractivity (Wildman–Crippen MR) is 112 cm³/mol. The first-order valence-electron chi connectivity index (χ1n) is 10.5. The molecule has 0 bridgehead atoms. The van der Waals surface area contributed by atoms with Gasteiger partial charge in [-0.2, -0.15) is 0 Å². The van der Waals surface area contributed by atoms with E-state index in [1.165, 1.54) is 62.7 Å². The van der Waals surface area contributed by atoms with Crippen LogP contribution in [0.15, 0.2) is 24.3 Å². The molecule has 1 heterocycles. The van der Waals surface area contributed by atoms with Gasteiger partial charge in [-0.15, -0.1) is 0 Å². The summed E-state index contributed by atoms with van der Waals surface area (Å²) in [5, 5.41) is 3.78. The Morgan fingerprint density at radius 1 is 1.00 bits per heavy atom. The van der Waals surface area contributed by atoms with Crippen LogP contribution >= 0.6 is 11.6 Å². The number of benzene rings is 1. The average Bonchev–Trinajstić information content (AvgIpc) is 2.93. The van der Waals surface area contributed by atoms with E-state index in [4.69, 9.17) is 11.6 Å². The minimum atomic E-state index is -0.407. The van der Waals surface area contributed by atoms with Crippen LogP contribution in [0.1, 0.15) is 77.6 Å². The fraction of sp³-hybridized carbons (Fsp3) is 0.636.